The Morgan fingerprint density at radius 2 is 1.84 bits per heavy atom. The van der Waals surface area contributed by atoms with E-state index >= 15 is 0 Å². The predicted molar refractivity (Wildman–Crippen MR) is 72.0 cm³/mol. The fraction of sp³-hybridized carbons (Fsp3) is 0.0714. The molecule has 0 N–H and O–H groups in total. The summed E-state index contributed by atoms with van der Waals surface area (Å²) in [6.07, 6.45) is 0. The average molecular weight is 253 g/mol. The number of ether oxygens (including phenoxy) is 1. The van der Waals surface area contributed by atoms with Gasteiger partial charge in [-0.15, -0.1) is 0 Å². The summed E-state index contributed by atoms with van der Waals surface area (Å²) in [5, 5.41) is 3.65. The number of hydrogen-bond donors (Lipinski definition) is 0. The predicted octanol–water partition coefficient (Wildman–Crippen LogP) is 4.08. The number of rotatable bonds is 3. The summed E-state index contributed by atoms with van der Waals surface area (Å²) in [5.41, 5.74) is 11.3. The summed E-state index contributed by atoms with van der Waals surface area (Å²) in [4.78, 5) is 14.1. The van der Waals surface area contributed by atoms with Crippen molar-refractivity contribution in [3.05, 3.63) is 64.5 Å². The van der Waals surface area contributed by atoms with E-state index in [1.807, 2.05) is 12.1 Å². The molecule has 0 aliphatic heterocycles. The van der Waals surface area contributed by atoms with Crippen molar-refractivity contribution < 1.29 is 9.53 Å². The fourth-order valence-electron chi connectivity index (χ4n) is 1.76. The van der Waals surface area contributed by atoms with E-state index in [2.05, 4.69) is 14.8 Å². The summed E-state index contributed by atoms with van der Waals surface area (Å²) in [6.45, 7) is 0. The summed E-state index contributed by atoms with van der Waals surface area (Å²) in [7, 11) is 1.34. The number of carbonyl (C=O) groups is 1. The number of esters is 1. The molecular formula is C14H11N3O2. The van der Waals surface area contributed by atoms with Gasteiger partial charge in [0.15, 0.2) is 0 Å². The van der Waals surface area contributed by atoms with Crippen LogP contribution >= 0.6 is 0 Å². The lowest BCUT2D eigenvalue weighted by atomic mass is 10.0. The zero-order valence-corrected chi connectivity index (χ0v) is 10.3. The Balaban J connectivity index is 2.43. The molecular weight excluding hydrogens is 242 g/mol. The fourth-order valence-corrected chi connectivity index (χ4v) is 1.76. The molecule has 2 rings (SSSR count). The molecule has 0 saturated heterocycles. The lowest BCUT2D eigenvalue weighted by Gasteiger charge is -2.06. The van der Waals surface area contributed by atoms with E-state index in [0.29, 0.717) is 11.3 Å². The molecule has 94 valence electrons. The van der Waals surface area contributed by atoms with Crippen LogP contribution in [0.2, 0.25) is 0 Å². The van der Waals surface area contributed by atoms with Crippen molar-refractivity contribution >= 4 is 11.7 Å². The number of nitrogens with zero attached hydrogens (tertiary/aromatic N) is 3. The van der Waals surface area contributed by atoms with Gasteiger partial charge in [0.05, 0.1) is 12.7 Å². The molecule has 0 aromatic heterocycles. The maximum Gasteiger partial charge on any atom is 0.337 e. The molecule has 0 aliphatic rings. The third kappa shape index (κ3) is 2.73. The topological polar surface area (TPSA) is 75.1 Å². The summed E-state index contributed by atoms with van der Waals surface area (Å²) in [5.74, 6) is -0.380. The number of hydrogen-bond acceptors (Lipinski definition) is 3. The van der Waals surface area contributed by atoms with Gasteiger partial charge in [-0.2, -0.15) is 0 Å². The van der Waals surface area contributed by atoms with E-state index < -0.39 is 0 Å². The van der Waals surface area contributed by atoms with Crippen LogP contribution in [-0.4, -0.2) is 13.1 Å². The Labute approximate surface area is 110 Å². The lowest BCUT2D eigenvalue weighted by Crippen LogP contribution is -2.00. The Bertz CT molecular complexity index is 644. The molecule has 0 unspecified atom stereocenters. The first-order valence-electron chi connectivity index (χ1n) is 5.59. The van der Waals surface area contributed by atoms with Gasteiger partial charge in [-0.05, 0) is 28.8 Å². The lowest BCUT2D eigenvalue weighted by molar-refractivity contribution is 0.0601. The van der Waals surface area contributed by atoms with Gasteiger partial charge in [-0.3, -0.25) is 0 Å². The zero-order chi connectivity index (χ0) is 13.7. The Hall–Kier alpha value is -2.78. The minimum absolute atomic E-state index is 0.380. The molecule has 0 bridgehead atoms. The number of methoxy groups -OCH3 is 1. The first-order chi connectivity index (χ1) is 9.26. The van der Waals surface area contributed by atoms with Crippen LogP contribution in [0.4, 0.5) is 5.69 Å². The molecule has 0 atom stereocenters. The summed E-state index contributed by atoms with van der Waals surface area (Å²) < 4.78 is 4.64. The molecule has 19 heavy (non-hydrogen) atoms. The monoisotopic (exact) mass is 253 g/mol. The molecule has 2 aromatic carbocycles. The average Bonchev–Trinajstić information content (AvgIpc) is 2.47. The van der Waals surface area contributed by atoms with Crippen LogP contribution in [0.3, 0.4) is 0 Å². The molecule has 0 fully saturated rings. The van der Waals surface area contributed by atoms with E-state index in [0.717, 1.165) is 11.1 Å². The quantitative estimate of drug-likeness (QED) is 0.357. The van der Waals surface area contributed by atoms with Crippen LogP contribution in [0.25, 0.3) is 21.6 Å². The first-order valence-corrected chi connectivity index (χ1v) is 5.59. The maximum atomic E-state index is 11.3. The van der Waals surface area contributed by atoms with Gasteiger partial charge >= 0.3 is 5.97 Å². The third-order valence-corrected chi connectivity index (χ3v) is 2.67. The minimum Gasteiger partial charge on any atom is -0.465 e. The van der Waals surface area contributed by atoms with Crippen molar-refractivity contribution in [2.24, 2.45) is 5.11 Å². The molecule has 5 heteroatoms. The minimum atomic E-state index is -0.380. The van der Waals surface area contributed by atoms with Gasteiger partial charge in [-0.25, -0.2) is 4.79 Å². The van der Waals surface area contributed by atoms with Crippen LogP contribution in [0.15, 0.2) is 53.6 Å². The van der Waals surface area contributed by atoms with Gasteiger partial charge in [0, 0.05) is 10.6 Å². The molecule has 0 spiro atoms. The number of azide groups is 1. The van der Waals surface area contributed by atoms with Crippen molar-refractivity contribution in [3.63, 3.8) is 0 Å². The molecule has 0 heterocycles. The summed E-state index contributed by atoms with van der Waals surface area (Å²) >= 11 is 0. The van der Waals surface area contributed by atoms with E-state index in [-0.39, 0.29) is 5.97 Å². The Morgan fingerprint density at radius 1 is 1.16 bits per heavy atom. The van der Waals surface area contributed by atoms with Gasteiger partial charge < -0.3 is 4.74 Å². The van der Waals surface area contributed by atoms with Crippen molar-refractivity contribution in [3.8, 4) is 11.1 Å². The second-order valence-corrected chi connectivity index (χ2v) is 3.78. The molecule has 0 aliphatic carbocycles. The van der Waals surface area contributed by atoms with Gasteiger partial charge in [0.25, 0.3) is 0 Å². The molecule has 5 nitrogen and oxygen atoms in total. The number of carbonyl (C=O) groups excluding carboxylic acids is 1. The molecule has 0 amide bonds. The Kier molecular flexibility index (Phi) is 3.81. The van der Waals surface area contributed by atoms with Crippen LogP contribution in [0.1, 0.15) is 10.4 Å². The van der Waals surface area contributed by atoms with Crippen LogP contribution in [0, 0.1) is 0 Å². The van der Waals surface area contributed by atoms with Crippen molar-refractivity contribution in [1.29, 1.82) is 0 Å². The number of benzene rings is 2. The second kappa shape index (κ2) is 5.71. The van der Waals surface area contributed by atoms with Crippen LogP contribution in [0.5, 0.6) is 0 Å². The summed E-state index contributed by atoms with van der Waals surface area (Å²) in [6, 6.07) is 14.2. The standard InChI is InChI=1S/C14H11N3O2/c1-19-14(18)11-8-6-10(7-9-11)12-4-2-3-5-13(12)16-17-15/h2-9H,1H3. The van der Waals surface area contributed by atoms with Crippen LogP contribution in [-0.2, 0) is 4.74 Å². The van der Waals surface area contributed by atoms with Gasteiger partial charge in [0.2, 0.25) is 0 Å². The van der Waals surface area contributed by atoms with Crippen molar-refractivity contribution in [2.45, 2.75) is 0 Å². The van der Waals surface area contributed by atoms with Gasteiger partial charge in [-0.1, -0.05) is 41.5 Å². The van der Waals surface area contributed by atoms with E-state index in [1.54, 1.807) is 36.4 Å². The smallest absolute Gasteiger partial charge is 0.337 e. The molecule has 0 saturated carbocycles. The highest BCUT2D eigenvalue weighted by molar-refractivity contribution is 5.90. The second-order valence-electron chi connectivity index (χ2n) is 3.78. The highest BCUT2D eigenvalue weighted by atomic mass is 16.5. The largest absolute Gasteiger partial charge is 0.465 e. The van der Waals surface area contributed by atoms with E-state index in [4.69, 9.17) is 5.53 Å². The van der Waals surface area contributed by atoms with Gasteiger partial charge in [0.1, 0.15) is 0 Å². The van der Waals surface area contributed by atoms with E-state index in [1.165, 1.54) is 7.11 Å². The third-order valence-electron chi connectivity index (χ3n) is 2.67. The maximum absolute atomic E-state index is 11.3. The highest BCUT2D eigenvalue weighted by Gasteiger charge is 2.07. The van der Waals surface area contributed by atoms with E-state index in [9.17, 15) is 4.79 Å². The van der Waals surface area contributed by atoms with Crippen molar-refractivity contribution in [2.75, 3.05) is 7.11 Å². The Morgan fingerprint density at radius 3 is 2.47 bits per heavy atom. The zero-order valence-electron chi connectivity index (χ0n) is 10.3. The normalized spacial score (nSPS) is 9.53. The van der Waals surface area contributed by atoms with Crippen molar-refractivity contribution in [1.82, 2.24) is 0 Å². The molecule has 0 radical (unpaired) electrons. The molecule has 2 aromatic rings. The first kappa shape index (κ1) is 12.7. The highest BCUT2D eigenvalue weighted by Crippen LogP contribution is 2.30. The SMILES string of the molecule is COC(=O)c1ccc(-c2ccccc2N=[N+]=[N-])cc1. The van der Waals surface area contributed by atoms with Crippen LogP contribution < -0.4 is 0 Å².